The molecular weight excluding hydrogens is 369 g/mol. The van der Waals surface area contributed by atoms with Gasteiger partial charge in [-0.15, -0.1) is 11.3 Å². The molecule has 3 aromatic rings. The summed E-state index contributed by atoms with van der Waals surface area (Å²) in [7, 11) is 0. The normalized spacial score (nSPS) is 10.4. The van der Waals surface area contributed by atoms with Gasteiger partial charge in [0, 0.05) is 11.6 Å². The summed E-state index contributed by atoms with van der Waals surface area (Å²) in [4.78, 5) is 16.9. The van der Waals surface area contributed by atoms with Crippen LogP contribution in [0.5, 0.6) is 5.75 Å². The van der Waals surface area contributed by atoms with E-state index in [1.54, 1.807) is 41.9 Å². The molecule has 0 aliphatic carbocycles. The summed E-state index contributed by atoms with van der Waals surface area (Å²) in [6.45, 7) is 0. The average Bonchev–Trinajstić information content (AvgIpc) is 2.93. The molecule has 2 aromatic heterocycles. The minimum absolute atomic E-state index is 0.0361. The fourth-order valence-corrected chi connectivity index (χ4v) is 3.21. The SMILES string of the molecule is O=C(Nc1csc(-c2ccccn2)c1O)Nc1cccc(Cl)c1Cl. The Hall–Kier alpha value is -2.28. The molecule has 0 saturated heterocycles. The topological polar surface area (TPSA) is 74.2 Å². The zero-order valence-corrected chi connectivity index (χ0v) is 14.4. The lowest BCUT2D eigenvalue weighted by molar-refractivity contribution is 0.262. The maximum Gasteiger partial charge on any atom is 0.323 e. The number of rotatable bonds is 3. The first kappa shape index (κ1) is 16.6. The smallest absolute Gasteiger partial charge is 0.323 e. The Morgan fingerprint density at radius 1 is 1.08 bits per heavy atom. The third-order valence-corrected chi connectivity index (χ3v) is 4.92. The molecule has 24 heavy (non-hydrogen) atoms. The first-order valence-electron chi connectivity index (χ1n) is 6.80. The van der Waals surface area contributed by atoms with E-state index in [0.717, 1.165) is 0 Å². The van der Waals surface area contributed by atoms with Crippen molar-refractivity contribution in [2.45, 2.75) is 0 Å². The maximum atomic E-state index is 12.1. The van der Waals surface area contributed by atoms with Crippen LogP contribution < -0.4 is 10.6 Å². The first-order chi connectivity index (χ1) is 11.6. The number of anilines is 2. The molecule has 0 atom stereocenters. The van der Waals surface area contributed by atoms with Gasteiger partial charge in [0.2, 0.25) is 0 Å². The van der Waals surface area contributed by atoms with Gasteiger partial charge in [0.25, 0.3) is 0 Å². The highest BCUT2D eigenvalue weighted by molar-refractivity contribution is 7.14. The minimum Gasteiger partial charge on any atom is -0.504 e. The molecule has 122 valence electrons. The second-order valence-corrected chi connectivity index (χ2v) is 6.39. The van der Waals surface area contributed by atoms with E-state index in [-0.39, 0.29) is 16.5 Å². The molecule has 0 unspecified atom stereocenters. The second kappa shape index (κ2) is 7.09. The van der Waals surface area contributed by atoms with Crippen LogP contribution in [0, 0.1) is 0 Å². The largest absolute Gasteiger partial charge is 0.504 e. The second-order valence-electron chi connectivity index (χ2n) is 4.72. The lowest BCUT2D eigenvalue weighted by Crippen LogP contribution is -2.19. The van der Waals surface area contributed by atoms with E-state index in [1.807, 2.05) is 6.07 Å². The molecule has 0 aliphatic rings. The Morgan fingerprint density at radius 2 is 1.88 bits per heavy atom. The molecule has 0 fully saturated rings. The van der Waals surface area contributed by atoms with Gasteiger partial charge in [0.15, 0.2) is 5.75 Å². The predicted octanol–water partition coefficient (Wildman–Crippen LogP) is 5.47. The molecule has 2 heterocycles. The number of carbonyl (C=O) groups is 1. The molecule has 5 nitrogen and oxygen atoms in total. The van der Waals surface area contributed by atoms with Crippen LogP contribution in [0.4, 0.5) is 16.2 Å². The average molecular weight is 380 g/mol. The zero-order valence-electron chi connectivity index (χ0n) is 12.1. The van der Waals surface area contributed by atoms with Crippen LogP contribution in [-0.2, 0) is 0 Å². The summed E-state index contributed by atoms with van der Waals surface area (Å²) in [5.41, 5.74) is 1.30. The molecule has 0 radical (unpaired) electrons. The fourth-order valence-electron chi connectivity index (χ4n) is 2.00. The number of aromatic hydroxyl groups is 1. The van der Waals surface area contributed by atoms with Gasteiger partial charge in [-0.25, -0.2) is 4.79 Å². The van der Waals surface area contributed by atoms with Gasteiger partial charge < -0.3 is 15.7 Å². The summed E-state index contributed by atoms with van der Waals surface area (Å²) < 4.78 is 0. The molecule has 3 N–H and O–H groups in total. The van der Waals surface area contributed by atoms with E-state index in [2.05, 4.69) is 15.6 Å². The lowest BCUT2D eigenvalue weighted by atomic mass is 10.3. The summed E-state index contributed by atoms with van der Waals surface area (Å²) in [6, 6.07) is 9.77. The Balaban J connectivity index is 1.76. The van der Waals surface area contributed by atoms with Crippen molar-refractivity contribution >= 4 is 51.9 Å². The lowest BCUT2D eigenvalue weighted by Gasteiger charge is -2.09. The van der Waals surface area contributed by atoms with Crippen molar-refractivity contribution in [3.05, 3.63) is 58.0 Å². The van der Waals surface area contributed by atoms with Crippen LogP contribution in [0.3, 0.4) is 0 Å². The standard InChI is InChI=1S/C16H11Cl2N3O2S/c17-9-4-3-6-10(13(9)18)20-16(23)21-12-8-24-15(14(12)22)11-5-1-2-7-19-11/h1-8,22H,(H2,20,21,23). The Labute approximate surface area is 151 Å². The van der Waals surface area contributed by atoms with Crippen LogP contribution in [0.25, 0.3) is 10.6 Å². The van der Waals surface area contributed by atoms with Crippen molar-refractivity contribution in [1.82, 2.24) is 4.98 Å². The number of urea groups is 1. The number of benzene rings is 1. The van der Waals surface area contributed by atoms with E-state index in [0.29, 0.717) is 21.3 Å². The zero-order chi connectivity index (χ0) is 17.1. The highest BCUT2D eigenvalue weighted by atomic mass is 35.5. The highest BCUT2D eigenvalue weighted by Crippen LogP contribution is 2.40. The van der Waals surface area contributed by atoms with E-state index in [1.165, 1.54) is 11.3 Å². The van der Waals surface area contributed by atoms with Crippen LogP contribution >= 0.6 is 34.5 Å². The maximum absolute atomic E-state index is 12.1. The predicted molar refractivity (Wildman–Crippen MR) is 98.3 cm³/mol. The summed E-state index contributed by atoms with van der Waals surface area (Å²) >= 11 is 13.2. The molecular formula is C16H11Cl2N3O2S. The highest BCUT2D eigenvalue weighted by Gasteiger charge is 2.16. The minimum atomic E-state index is -0.542. The Kier molecular flexibility index (Phi) is 4.89. The van der Waals surface area contributed by atoms with E-state index < -0.39 is 6.03 Å². The molecule has 1 aromatic carbocycles. The summed E-state index contributed by atoms with van der Waals surface area (Å²) in [5, 5.41) is 17.7. The number of carbonyl (C=O) groups excluding carboxylic acids is 1. The monoisotopic (exact) mass is 379 g/mol. The van der Waals surface area contributed by atoms with E-state index in [9.17, 15) is 9.90 Å². The van der Waals surface area contributed by atoms with Gasteiger partial charge in [-0.1, -0.05) is 35.3 Å². The number of pyridine rings is 1. The van der Waals surface area contributed by atoms with Gasteiger partial charge in [-0.2, -0.15) is 0 Å². The van der Waals surface area contributed by atoms with Gasteiger partial charge >= 0.3 is 6.03 Å². The van der Waals surface area contributed by atoms with Crippen LogP contribution in [-0.4, -0.2) is 16.1 Å². The number of hydrogen-bond donors (Lipinski definition) is 3. The number of halogens is 2. The third kappa shape index (κ3) is 3.46. The quantitative estimate of drug-likeness (QED) is 0.564. The van der Waals surface area contributed by atoms with Gasteiger partial charge in [-0.3, -0.25) is 4.98 Å². The number of amides is 2. The summed E-state index contributed by atoms with van der Waals surface area (Å²) in [5.74, 6) is -0.0361. The number of thiophene rings is 1. The van der Waals surface area contributed by atoms with Crippen molar-refractivity contribution in [2.24, 2.45) is 0 Å². The summed E-state index contributed by atoms with van der Waals surface area (Å²) in [6.07, 6.45) is 1.63. The van der Waals surface area contributed by atoms with Crippen LogP contribution in [0.1, 0.15) is 0 Å². The molecule has 0 bridgehead atoms. The number of nitrogens with zero attached hydrogens (tertiary/aromatic N) is 1. The first-order valence-corrected chi connectivity index (χ1v) is 8.43. The van der Waals surface area contributed by atoms with Crippen LogP contribution in [0.2, 0.25) is 10.0 Å². The van der Waals surface area contributed by atoms with Gasteiger partial charge in [0.05, 0.1) is 32.0 Å². The number of nitrogens with one attached hydrogen (secondary N) is 2. The third-order valence-electron chi connectivity index (χ3n) is 3.11. The van der Waals surface area contributed by atoms with Crippen molar-refractivity contribution in [3.63, 3.8) is 0 Å². The van der Waals surface area contributed by atoms with Crippen molar-refractivity contribution < 1.29 is 9.90 Å². The Morgan fingerprint density at radius 3 is 2.62 bits per heavy atom. The number of hydrogen-bond acceptors (Lipinski definition) is 4. The van der Waals surface area contributed by atoms with E-state index in [4.69, 9.17) is 23.2 Å². The molecule has 3 rings (SSSR count). The van der Waals surface area contributed by atoms with Gasteiger partial charge in [0.1, 0.15) is 0 Å². The van der Waals surface area contributed by atoms with Crippen molar-refractivity contribution in [1.29, 1.82) is 0 Å². The Bertz CT molecular complexity index is 884. The molecule has 0 spiro atoms. The molecule has 0 aliphatic heterocycles. The van der Waals surface area contributed by atoms with Crippen molar-refractivity contribution in [3.8, 4) is 16.3 Å². The molecule has 8 heteroatoms. The van der Waals surface area contributed by atoms with Gasteiger partial charge in [-0.05, 0) is 24.3 Å². The number of aromatic nitrogens is 1. The molecule has 0 saturated carbocycles. The fraction of sp³-hybridized carbons (Fsp3) is 0. The van der Waals surface area contributed by atoms with Crippen molar-refractivity contribution in [2.75, 3.05) is 10.6 Å². The van der Waals surface area contributed by atoms with E-state index >= 15 is 0 Å². The molecule has 2 amide bonds. The van der Waals surface area contributed by atoms with Crippen LogP contribution in [0.15, 0.2) is 48.0 Å².